The Morgan fingerprint density at radius 3 is 2.73 bits per heavy atom. The molecule has 1 aromatic carbocycles. The molecule has 4 heteroatoms. The standard InChI is InChI=1S/C7H10IN3/c1-10-11-7-3-2-5(8)4-6(7)9/h2-4,10-11H,9H2,1H3. The maximum Gasteiger partial charge on any atom is 0.0718 e. The number of hydrazine groups is 1. The summed E-state index contributed by atoms with van der Waals surface area (Å²) in [7, 11) is 1.80. The molecule has 0 aliphatic carbocycles. The van der Waals surface area contributed by atoms with Crippen LogP contribution in [-0.4, -0.2) is 7.05 Å². The minimum absolute atomic E-state index is 0.756. The van der Waals surface area contributed by atoms with E-state index < -0.39 is 0 Å². The molecule has 0 fully saturated rings. The van der Waals surface area contributed by atoms with E-state index in [1.807, 2.05) is 18.2 Å². The zero-order valence-corrected chi connectivity index (χ0v) is 8.34. The first kappa shape index (κ1) is 8.61. The van der Waals surface area contributed by atoms with Crippen LogP contribution in [0.3, 0.4) is 0 Å². The number of nitrogen functional groups attached to an aromatic ring is 1. The van der Waals surface area contributed by atoms with Crippen molar-refractivity contribution < 1.29 is 0 Å². The van der Waals surface area contributed by atoms with E-state index in [2.05, 4.69) is 33.4 Å². The van der Waals surface area contributed by atoms with E-state index in [1.165, 1.54) is 0 Å². The van der Waals surface area contributed by atoms with Gasteiger partial charge >= 0.3 is 0 Å². The molecule has 0 unspecified atom stereocenters. The maximum absolute atomic E-state index is 5.70. The fourth-order valence-corrected chi connectivity index (χ4v) is 1.30. The lowest BCUT2D eigenvalue weighted by Crippen LogP contribution is -2.16. The Kier molecular flexibility index (Phi) is 2.95. The summed E-state index contributed by atoms with van der Waals surface area (Å²) in [6.45, 7) is 0. The molecule has 1 aromatic rings. The number of rotatable bonds is 2. The summed E-state index contributed by atoms with van der Waals surface area (Å²) in [6.07, 6.45) is 0. The van der Waals surface area contributed by atoms with Crippen molar-refractivity contribution in [3.05, 3.63) is 21.8 Å². The first-order valence-corrected chi connectivity index (χ1v) is 4.29. The number of hydrogen-bond acceptors (Lipinski definition) is 3. The minimum atomic E-state index is 0.756. The molecule has 0 heterocycles. The van der Waals surface area contributed by atoms with Crippen LogP contribution in [0.1, 0.15) is 0 Å². The average molecular weight is 263 g/mol. The highest BCUT2D eigenvalue weighted by atomic mass is 127. The van der Waals surface area contributed by atoms with Gasteiger partial charge in [0.15, 0.2) is 0 Å². The first-order valence-electron chi connectivity index (χ1n) is 3.22. The molecule has 0 aliphatic rings. The Balaban J connectivity index is 2.90. The van der Waals surface area contributed by atoms with Gasteiger partial charge in [-0.05, 0) is 40.8 Å². The first-order chi connectivity index (χ1) is 5.24. The molecule has 0 amide bonds. The van der Waals surface area contributed by atoms with Gasteiger partial charge in [-0.1, -0.05) is 0 Å². The van der Waals surface area contributed by atoms with Gasteiger partial charge in [-0.25, -0.2) is 5.43 Å². The third kappa shape index (κ3) is 2.23. The van der Waals surface area contributed by atoms with E-state index in [1.54, 1.807) is 7.05 Å². The number of anilines is 2. The van der Waals surface area contributed by atoms with Crippen molar-refractivity contribution in [1.82, 2.24) is 5.43 Å². The van der Waals surface area contributed by atoms with E-state index in [0.717, 1.165) is 14.9 Å². The number of benzene rings is 1. The second-order valence-electron chi connectivity index (χ2n) is 2.11. The van der Waals surface area contributed by atoms with Crippen molar-refractivity contribution in [2.24, 2.45) is 0 Å². The zero-order chi connectivity index (χ0) is 8.27. The maximum atomic E-state index is 5.70. The van der Waals surface area contributed by atoms with Crippen LogP contribution >= 0.6 is 22.6 Å². The highest BCUT2D eigenvalue weighted by Gasteiger charge is 1.96. The third-order valence-electron chi connectivity index (χ3n) is 1.27. The molecule has 4 N–H and O–H groups in total. The van der Waals surface area contributed by atoms with Crippen molar-refractivity contribution >= 4 is 34.0 Å². The Bertz CT molecular complexity index is 249. The molecule has 0 saturated carbocycles. The summed E-state index contributed by atoms with van der Waals surface area (Å²) in [4.78, 5) is 0. The number of halogens is 1. The van der Waals surface area contributed by atoms with Crippen molar-refractivity contribution in [2.75, 3.05) is 18.2 Å². The average Bonchev–Trinajstić information content (AvgIpc) is 1.95. The molecule has 0 saturated heterocycles. The van der Waals surface area contributed by atoms with Crippen molar-refractivity contribution in [3.8, 4) is 0 Å². The van der Waals surface area contributed by atoms with E-state index >= 15 is 0 Å². The Morgan fingerprint density at radius 1 is 1.45 bits per heavy atom. The van der Waals surface area contributed by atoms with Gasteiger partial charge in [0.2, 0.25) is 0 Å². The van der Waals surface area contributed by atoms with Crippen LogP contribution in [0.2, 0.25) is 0 Å². The molecule has 0 radical (unpaired) electrons. The van der Waals surface area contributed by atoms with Crippen LogP contribution < -0.4 is 16.6 Å². The fraction of sp³-hybridized carbons (Fsp3) is 0.143. The molecule has 60 valence electrons. The lowest BCUT2D eigenvalue weighted by atomic mass is 10.3. The molecule has 0 bridgehead atoms. The summed E-state index contributed by atoms with van der Waals surface area (Å²) < 4.78 is 1.14. The van der Waals surface area contributed by atoms with Crippen LogP contribution in [0.15, 0.2) is 18.2 Å². The minimum Gasteiger partial charge on any atom is -0.397 e. The number of nitrogens with two attached hydrogens (primary N) is 1. The van der Waals surface area contributed by atoms with Crippen molar-refractivity contribution in [2.45, 2.75) is 0 Å². The topological polar surface area (TPSA) is 50.1 Å². The molecule has 0 aromatic heterocycles. The van der Waals surface area contributed by atoms with Crippen LogP contribution in [-0.2, 0) is 0 Å². The molecule has 0 spiro atoms. The Morgan fingerprint density at radius 2 is 2.18 bits per heavy atom. The fourth-order valence-electron chi connectivity index (χ4n) is 0.782. The molecular weight excluding hydrogens is 253 g/mol. The molecule has 3 nitrogen and oxygen atoms in total. The summed E-state index contributed by atoms with van der Waals surface area (Å²) in [5.74, 6) is 0. The normalized spacial score (nSPS) is 9.64. The van der Waals surface area contributed by atoms with Gasteiger partial charge < -0.3 is 11.2 Å². The van der Waals surface area contributed by atoms with Crippen LogP contribution in [0, 0.1) is 3.57 Å². The molecule has 0 aliphatic heterocycles. The number of nitrogens with one attached hydrogen (secondary N) is 2. The largest absolute Gasteiger partial charge is 0.397 e. The molecule has 1 rings (SSSR count). The molecule has 11 heavy (non-hydrogen) atoms. The Labute approximate surface area is 79.5 Å². The van der Waals surface area contributed by atoms with E-state index in [9.17, 15) is 0 Å². The van der Waals surface area contributed by atoms with E-state index in [-0.39, 0.29) is 0 Å². The monoisotopic (exact) mass is 263 g/mol. The van der Waals surface area contributed by atoms with Crippen LogP contribution in [0.4, 0.5) is 11.4 Å². The van der Waals surface area contributed by atoms with Crippen molar-refractivity contribution in [3.63, 3.8) is 0 Å². The Hall–Kier alpha value is -0.490. The van der Waals surface area contributed by atoms with E-state index in [0.29, 0.717) is 0 Å². The number of hydrogen-bond donors (Lipinski definition) is 3. The van der Waals surface area contributed by atoms with Gasteiger partial charge in [0, 0.05) is 10.6 Å². The summed E-state index contributed by atoms with van der Waals surface area (Å²) in [5, 5.41) is 0. The highest BCUT2D eigenvalue weighted by Crippen LogP contribution is 2.19. The lowest BCUT2D eigenvalue weighted by Gasteiger charge is -2.06. The summed E-state index contributed by atoms with van der Waals surface area (Å²) >= 11 is 2.22. The molecule has 0 atom stereocenters. The van der Waals surface area contributed by atoms with Crippen molar-refractivity contribution in [1.29, 1.82) is 0 Å². The second kappa shape index (κ2) is 3.77. The zero-order valence-electron chi connectivity index (χ0n) is 6.19. The van der Waals surface area contributed by atoms with Gasteiger partial charge in [0.05, 0.1) is 11.4 Å². The van der Waals surface area contributed by atoms with E-state index in [4.69, 9.17) is 5.73 Å². The lowest BCUT2D eigenvalue weighted by molar-refractivity contribution is 0.985. The van der Waals surface area contributed by atoms with Crippen LogP contribution in [0.5, 0.6) is 0 Å². The predicted molar refractivity (Wildman–Crippen MR) is 56.3 cm³/mol. The quantitative estimate of drug-likeness (QED) is 0.429. The predicted octanol–water partition coefficient (Wildman–Crippen LogP) is 1.42. The van der Waals surface area contributed by atoms with Gasteiger partial charge in [-0.15, -0.1) is 0 Å². The van der Waals surface area contributed by atoms with Gasteiger partial charge in [-0.2, -0.15) is 0 Å². The molecular formula is C7H10IN3. The second-order valence-corrected chi connectivity index (χ2v) is 3.35. The van der Waals surface area contributed by atoms with Gasteiger partial charge in [0.25, 0.3) is 0 Å². The smallest absolute Gasteiger partial charge is 0.0718 e. The summed E-state index contributed by atoms with van der Waals surface area (Å²) in [5.41, 5.74) is 13.1. The third-order valence-corrected chi connectivity index (χ3v) is 1.94. The van der Waals surface area contributed by atoms with Crippen LogP contribution in [0.25, 0.3) is 0 Å². The van der Waals surface area contributed by atoms with Gasteiger partial charge in [-0.3, -0.25) is 0 Å². The van der Waals surface area contributed by atoms with Gasteiger partial charge in [0.1, 0.15) is 0 Å². The summed E-state index contributed by atoms with van der Waals surface area (Å²) in [6, 6.07) is 5.85. The SMILES string of the molecule is CNNc1ccc(I)cc1N. The highest BCUT2D eigenvalue weighted by molar-refractivity contribution is 14.1.